The number of hydrogen-bond donors (Lipinski definition) is 1. The number of nitrogens with one attached hydrogen (secondary N) is 1. The summed E-state index contributed by atoms with van der Waals surface area (Å²) in [7, 11) is 0. The zero-order valence-electron chi connectivity index (χ0n) is 14.5. The highest BCUT2D eigenvalue weighted by Gasteiger charge is 2.10. The molecule has 26 heavy (non-hydrogen) atoms. The minimum atomic E-state index is -0.487. The lowest BCUT2D eigenvalue weighted by Gasteiger charge is -2.05. The topological polar surface area (TPSA) is 92.3 Å². The second-order valence-corrected chi connectivity index (χ2v) is 5.58. The van der Waals surface area contributed by atoms with E-state index in [0.717, 1.165) is 12.8 Å². The highest BCUT2D eigenvalue weighted by molar-refractivity contribution is 6.01. The number of amides is 1. The molecule has 6 nitrogen and oxygen atoms in total. The molecule has 1 aromatic heterocycles. The van der Waals surface area contributed by atoms with E-state index >= 15 is 0 Å². The lowest BCUT2D eigenvalue weighted by Crippen LogP contribution is -2.23. The minimum absolute atomic E-state index is 0.0238. The molecule has 6 heteroatoms. The molecule has 2 aromatic rings. The largest absolute Gasteiger partial charge is 0.467 e. The number of furan rings is 1. The summed E-state index contributed by atoms with van der Waals surface area (Å²) in [5.74, 6) is 0.276. The number of hydrogen-bond acceptors (Lipinski definition) is 5. The van der Waals surface area contributed by atoms with Crippen LogP contribution in [0.25, 0.3) is 6.08 Å². The summed E-state index contributed by atoms with van der Waals surface area (Å²) >= 11 is 0. The van der Waals surface area contributed by atoms with E-state index in [1.165, 1.54) is 12.3 Å². The van der Waals surface area contributed by atoms with Gasteiger partial charge in [0.2, 0.25) is 0 Å². The number of ether oxygens (including phenoxy) is 1. The maximum Gasteiger partial charge on any atom is 0.311 e. The third-order valence-corrected chi connectivity index (χ3v) is 3.53. The number of carbonyl (C=O) groups excluding carboxylic acids is 2. The van der Waals surface area contributed by atoms with E-state index in [1.54, 1.807) is 36.4 Å². The Morgan fingerprint density at radius 1 is 1.27 bits per heavy atom. The van der Waals surface area contributed by atoms with E-state index in [1.807, 2.05) is 13.0 Å². The van der Waals surface area contributed by atoms with Crippen LogP contribution in [-0.2, 0) is 16.1 Å². The van der Waals surface area contributed by atoms with Crippen molar-refractivity contribution in [1.29, 1.82) is 5.26 Å². The summed E-state index contributed by atoms with van der Waals surface area (Å²) in [6.07, 6.45) is 5.09. The fourth-order valence-electron chi connectivity index (χ4n) is 2.13. The Labute approximate surface area is 152 Å². The van der Waals surface area contributed by atoms with E-state index in [0.29, 0.717) is 23.5 Å². The van der Waals surface area contributed by atoms with Gasteiger partial charge in [-0.05, 0) is 42.3 Å². The Hall–Kier alpha value is -3.33. The molecule has 0 aliphatic carbocycles. The molecular weight excluding hydrogens is 332 g/mol. The van der Waals surface area contributed by atoms with Crippen molar-refractivity contribution in [3.05, 3.63) is 59.6 Å². The van der Waals surface area contributed by atoms with Crippen LogP contribution in [0.5, 0.6) is 5.75 Å². The van der Waals surface area contributed by atoms with Crippen molar-refractivity contribution >= 4 is 18.0 Å². The Morgan fingerprint density at radius 2 is 2.04 bits per heavy atom. The van der Waals surface area contributed by atoms with Crippen molar-refractivity contribution in [1.82, 2.24) is 5.32 Å². The highest BCUT2D eigenvalue weighted by atomic mass is 16.5. The Bertz CT molecular complexity index is 799. The molecule has 0 atom stereocenters. The number of nitriles is 1. The quantitative estimate of drug-likeness (QED) is 0.339. The number of unbranched alkanes of at least 4 members (excludes halogenated alkanes) is 1. The third-order valence-electron chi connectivity index (χ3n) is 3.53. The van der Waals surface area contributed by atoms with Gasteiger partial charge in [0.25, 0.3) is 5.91 Å². The highest BCUT2D eigenvalue weighted by Crippen LogP contribution is 2.16. The minimum Gasteiger partial charge on any atom is -0.467 e. The summed E-state index contributed by atoms with van der Waals surface area (Å²) in [5.41, 5.74) is 0.632. The molecule has 2 rings (SSSR count). The van der Waals surface area contributed by atoms with Gasteiger partial charge in [-0.1, -0.05) is 25.5 Å². The van der Waals surface area contributed by atoms with Crippen molar-refractivity contribution in [3.63, 3.8) is 0 Å². The summed E-state index contributed by atoms with van der Waals surface area (Å²) in [4.78, 5) is 23.7. The first kappa shape index (κ1) is 19.0. The molecule has 1 amide bonds. The van der Waals surface area contributed by atoms with Gasteiger partial charge in [0.1, 0.15) is 23.2 Å². The number of esters is 1. The van der Waals surface area contributed by atoms with Gasteiger partial charge < -0.3 is 14.5 Å². The maximum absolute atomic E-state index is 12.1. The molecular formula is C20H20N2O4. The lowest BCUT2D eigenvalue weighted by molar-refractivity contribution is -0.134. The second kappa shape index (κ2) is 9.84. The number of benzene rings is 1. The van der Waals surface area contributed by atoms with Gasteiger partial charge in [0.05, 0.1) is 12.8 Å². The fourth-order valence-corrected chi connectivity index (χ4v) is 2.13. The zero-order valence-corrected chi connectivity index (χ0v) is 14.5. The third kappa shape index (κ3) is 5.95. The molecule has 0 unspecified atom stereocenters. The Morgan fingerprint density at radius 3 is 2.65 bits per heavy atom. The Balaban J connectivity index is 1.96. The van der Waals surface area contributed by atoms with Gasteiger partial charge in [-0.15, -0.1) is 0 Å². The van der Waals surface area contributed by atoms with Crippen LogP contribution in [0.4, 0.5) is 0 Å². The smallest absolute Gasteiger partial charge is 0.311 e. The van der Waals surface area contributed by atoms with Gasteiger partial charge in [0.15, 0.2) is 0 Å². The average Bonchev–Trinajstić information content (AvgIpc) is 3.17. The van der Waals surface area contributed by atoms with Crippen molar-refractivity contribution in [2.24, 2.45) is 0 Å². The SMILES string of the molecule is CCCCC(=O)Oc1ccc(/C=C(\C#N)C(=O)NCc2ccco2)cc1. The predicted molar refractivity (Wildman–Crippen MR) is 95.7 cm³/mol. The maximum atomic E-state index is 12.1. The Kier molecular flexibility index (Phi) is 7.19. The van der Waals surface area contributed by atoms with Crippen LogP contribution in [0.3, 0.4) is 0 Å². The molecule has 0 spiro atoms. The molecule has 0 radical (unpaired) electrons. The van der Waals surface area contributed by atoms with Gasteiger partial charge >= 0.3 is 5.97 Å². The van der Waals surface area contributed by atoms with Gasteiger partial charge in [-0.3, -0.25) is 9.59 Å². The molecule has 0 fully saturated rings. The zero-order chi connectivity index (χ0) is 18.8. The van der Waals surface area contributed by atoms with Crippen molar-refractivity contribution in [2.75, 3.05) is 0 Å². The second-order valence-electron chi connectivity index (χ2n) is 5.58. The van der Waals surface area contributed by atoms with Gasteiger partial charge in [-0.25, -0.2) is 0 Å². The molecule has 0 saturated carbocycles. The first-order valence-electron chi connectivity index (χ1n) is 8.35. The van der Waals surface area contributed by atoms with Crippen LogP contribution in [0, 0.1) is 11.3 Å². The van der Waals surface area contributed by atoms with E-state index < -0.39 is 5.91 Å². The van der Waals surface area contributed by atoms with E-state index in [4.69, 9.17) is 9.15 Å². The molecule has 1 N–H and O–H groups in total. The lowest BCUT2D eigenvalue weighted by atomic mass is 10.1. The van der Waals surface area contributed by atoms with Crippen molar-refractivity contribution in [2.45, 2.75) is 32.7 Å². The first-order valence-corrected chi connectivity index (χ1v) is 8.35. The summed E-state index contributed by atoms with van der Waals surface area (Å²) in [6.45, 7) is 2.21. The molecule has 0 bridgehead atoms. The number of rotatable bonds is 8. The monoisotopic (exact) mass is 352 g/mol. The van der Waals surface area contributed by atoms with Crippen LogP contribution in [0.2, 0.25) is 0 Å². The van der Waals surface area contributed by atoms with Crippen LogP contribution >= 0.6 is 0 Å². The standard InChI is InChI=1S/C20H20N2O4/c1-2-3-6-19(23)26-17-9-7-15(8-10-17)12-16(13-21)20(24)22-14-18-5-4-11-25-18/h4-5,7-12H,2-3,6,14H2,1H3,(H,22,24)/b16-12+. The molecule has 0 aliphatic rings. The normalized spacial score (nSPS) is 10.8. The van der Waals surface area contributed by atoms with Crippen molar-refractivity contribution < 1.29 is 18.7 Å². The average molecular weight is 352 g/mol. The number of carbonyl (C=O) groups is 2. The molecule has 1 heterocycles. The summed E-state index contributed by atoms with van der Waals surface area (Å²) < 4.78 is 10.3. The fraction of sp³-hybridized carbons (Fsp3) is 0.250. The van der Waals surface area contributed by atoms with Crippen LogP contribution < -0.4 is 10.1 Å². The van der Waals surface area contributed by atoms with Crippen LogP contribution in [-0.4, -0.2) is 11.9 Å². The van der Waals surface area contributed by atoms with E-state index in [-0.39, 0.29) is 18.1 Å². The van der Waals surface area contributed by atoms with Gasteiger partial charge in [0, 0.05) is 6.42 Å². The summed E-state index contributed by atoms with van der Waals surface area (Å²) in [6, 6.07) is 12.0. The van der Waals surface area contributed by atoms with Gasteiger partial charge in [-0.2, -0.15) is 5.26 Å². The van der Waals surface area contributed by atoms with E-state index in [9.17, 15) is 14.9 Å². The molecule has 1 aromatic carbocycles. The molecule has 0 saturated heterocycles. The summed E-state index contributed by atoms with van der Waals surface area (Å²) in [5, 5.41) is 11.8. The molecule has 134 valence electrons. The number of nitrogens with zero attached hydrogens (tertiary/aromatic N) is 1. The van der Waals surface area contributed by atoms with Crippen molar-refractivity contribution in [3.8, 4) is 11.8 Å². The van der Waals surface area contributed by atoms with Crippen LogP contribution in [0.1, 0.15) is 37.5 Å². The molecule has 0 aliphatic heterocycles. The first-order chi connectivity index (χ1) is 12.6. The van der Waals surface area contributed by atoms with Crippen LogP contribution in [0.15, 0.2) is 52.7 Å². The predicted octanol–water partition coefficient (Wildman–Crippen LogP) is 3.60. The van der Waals surface area contributed by atoms with E-state index in [2.05, 4.69) is 5.32 Å².